The molecule has 1 heterocycles. The van der Waals surface area contributed by atoms with E-state index >= 15 is 0 Å². The third-order valence-electron chi connectivity index (χ3n) is 4.67. The number of piperazine rings is 1. The van der Waals surface area contributed by atoms with Gasteiger partial charge in [-0.15, -0.1) is 24.0 Å². The molecule has 2 rings (SSSR count). The first-order chi connectivity index (χ1) is 13.6. The van der Waals surface area contributed by atoms with E-state index in [-0.39, 0.29) is 36.4 Å². The van der Waals surface area contributed by atoms with Crippen LogP contribution in [0, 0.1) is 0 Å². The van der Waals surface area contributed by atoms with E-state index in [9.17, 15) is 4.79 Å². The number of ether oxygens (including phenoxy) is 1. The van der Waals surface area contributed by atoms with Gasteiger partial charge in [-0.3, -0.25) is 9.79 Å². The minimum absolute atomic E-state index is 0. The molecule has 164 valence electrons. The highest BCUT2D eigenvalue weighted by Crippen LogP contribution is 2.19. The lowest BCUT2D eigenvalue weighted by atomic mass is 10.2. The van der Waals surface area contributed by atoms with Gasteiger partial charge in [-0.25, -0.2) is 0 Å². The molecular formula is C20H33ClIN5O2. The number of aliphatic imine (C=N–C) groups is 1. The average molecular weight is 538 g/mol. The normalized spacial score (nSPS) is 14.4. The number of rotatable bonds is 9. The van der Waals surface area contributed by atoms with Crippen molar-refractivity contribution in [3.63, 3.8) is 0 Å². The lowest BCUT2D eigenvalue weighted by Crippen LogP contribution is -2.52. The number of nitrogens with one attached hydrogen (secondary N) is 2. The standard InChI is InChI=1S/C20H32ClN5O2.HI/c1-3-28-15-5-4-10-23-20(22-2)24-16-19(27)26-13-11-25(12-14-26)18-8-6-17(21)7-9-18;/h6-9H,3-5,10-16H2,1-2H3,(H2,22,23,24);1H. The summed E-state index contributed by atoms with van der Waals surface area (Å²) in [6.07, 6.45) is 2.01. The SMILES string of the molecule is CCOCCCCNC(=NC)NCC(=O)N1CCN(c2ccc(Cl)cc2)CC1.I. The van der Waals surface area contributed by atoms with Crippen molar-refractivity contribution >= 4 is 53.1 Å². The lowest BCUT2D eigenvalue weighted by molar-refractivity contribution is -0.130. The van der Waals surface area contributed by atoms with Crippen LogP contribution in [-0.4, -0.2) is 76.3 Å². The van der Waals surface area contributed by atoms with Gasteiger partial charge in [0.05, 0.1) is 6.54 Å². The molecule has 9 heteroatoms. The molecule has 1 aliphatic rings. The Bertz CT molecular complexity index is 622. The minimum Gasteiger partial charge on any atom is -0.382 e. The fourth-order valence-electron chi connectivity index (χ4n) is 3.04. The zero-order valence-corrected chi connectivity index (χ0v) is 20.4. The van der Waals surface area contributed by atoms with E-state index in [2.05, 4.69) is 20.5 Å². The number of amides is 1. The summed E-state index contributed by atoms with van der Waals surface area (Å²) in [5.74, 6) is 0.750. The number of guanidine groups is 1. The number of unbranched alkanes of at least 4 members (excludes halogenated alkanes) is 1. The van der Waals surface area contributed by atoms with Gasteiger partial charge in [-0.05, 0) is 44.0 Å². The molecule has 0 bridgehead atoms. The molecule has 29 heavy (non-hydrogen) atoms. The Hall–Kier alpha value is -1.26. The van der Waals surface area contributed by atoms with Crippen LogP contribution in [0.2, 0.25) is 5.02 Å². The highest BCUT2D eigenvalue weighted by Gasteiger charge is 2.21. The third-order valence-corrected chi connectivity index (χ3v) is 4.92. The Morgan fingerprint density at radius 2 is 1.83 bits per heavy atom. The summed E-state index contributed by atoms with van der Waals surface area (Å²) in [5, 5.41) is 7.07. The molecule has 0 unspecified atom stereocenters. The number of anilines is 1. The monoisotopic (exact) mass is 537 g/mol. The maximum absolute atomic E-state index is 12.5. The Morgan fingerprint density at radius 1 is 1.14 bits per heavy atom. The molecule has 1 aromatic rings. The molecule has 0 saturated carbocycles. The largest absolute Gasteiger partial charge is 0.382 e. The van der Waals surface area contributed by atoms with Crippen molar-refractivity contribution in [2.24, 2.45) is 4.99 Å². The van der Waals surface area contributed by atoms with Gasteiger partial charge in [0.1, 0.15) is 0 Å². The van der Waals surface area contributed by atoms with Crippen molar-refractivity contribution < 1.29 is 9.53 Å². The molecule has 1 saturated heterocycles. The van der Waals surface area contributed by atoms with Gasteiger partial charge in [-0.1, -0.05) is 11.6 Å². The van der Waals surface area contributed by atoms with Crippen LogP contribution in [0.25, 0.3) is 0 Å². The maximum Gasteiger partial charge on any atom is 0.242 e. The molecule has 0 aromatic heterocycles. The Labute approximate surface area is 196 Å². The zero-order valence-electron chi connectivity index (χ0n) is 17.3. The smallest absolute Gasteiger partial charge is 0.242 e. The molecule has 2 N–H and O–H groups in total. The number of carbonyl (C=O) groups is 1. The summed E-state index contributed by atoms with van der Waals surface area (Å²) < 4.78 is 5.32. The van der Waals surface area contributed by atoms with Crippen LogP contribution >= 0.6 is 35.6 Å². The Balaban J connectivity index is 0.00000420. The quantitative estimate of drug-likeness (QED) is 0.219. The van der Waals surface area contributed by atoms with Crippen LogP contribution in [0.4, 0.5) is 5.69 Å². The number of hydrogen-bond donors (Lipinski definition) is 2. The molecule has 1 fully saturated rings. The van der Waals surface area contributed by atoms with Crippen molar-refractivity contribution in [2.75, 3.05) is 64.4 Å². The van der Waals surface area contributed by atoms with E-state index in [1.54, 1.807) is 7.05 Å². The Morgan fingerprint density at radius 3 is 2.45 bits per heavy atom. The second-order valence-electron chi connectivity index (χ2n) is 6.60. The fourth-order valence-corrected chi connectivity index (χ4v) is 3.16. The molecule has 1 aliphatic heterocycles. The van der Waals surface area contributed by atoms with Gasteiger partial charge >= 0.3 is 0 Å². The van der Waals surface area contributed by atoms with Crippen molar-refractivity contribution in [1.29, 1.82) is 0 Å². The summed E-state index contributed by atoms with van der Waals surface area (Å²) in [7, 11) is 1.71. The van der Waals surface area contributed by atoms with E-state index < -0.39 is 0 Å². The highest BCUT2D eigenvalue weighted by molar-refractivity contribution is 14.0. The fraction of sp³-hybridized carbons (Fsp3) is 0.600. The molecule has 0 spiro atoms. The second kappa shape index (κ2) is 14.7. The molecular weight excluding hydrogens is 505 g/mol. The van der Waals surface area contributed by atoms with Crippen LogP contribution in [0.5, 0.6) is 0 Å². The summed E-state index contributed by atoms with van der Waals surface area (Å²) in [6, 6.07) is 7.83. The topological polar surface area (TPSA) is 69.2 Å². The van der Waals surface area contributed by atoms with Crippen molar-refractivity contribution in [1.82, 2.24) is 15.5 Å². The van der Waals surface area contributed by atoms with Crippen LogP contribution in [0.15, 0.2) is 29.3 Å². The van der Waals surface area contributed by atoms with Crippen LogP contribution < -0.4 is 15.5 Å². The molecule has 1 amide bonds. The van der Waals surface area contributed by atoms with Crippen molar-refractivity contribution in [3.05, 3.63) is 29.3 Å². The van der Waals surface area contributed by atoms with Gasteiger partial charge in [-0.2, -0.15) is 0 Å². The second-order valence-corrected chi connectivity index (χ2v) is 7.04. The summed E-state index contributed by atoms with van der Waals surface area (Å²) in [6.45, 7) is 7.66. The van der Waals surface area contributed by atoms with E-state index in [1.807, 2.05) is 36.1 Å². The van der Waals surface area contributed by atoms with Gasteiger partial charge in [0.25, 0.3) is 0 Å². The third kappa shape index (κ3) is 9.39. The van der Waals surface area contributed by atoms with Gasteiger partial charge in [0.15, 0.2) is 5.96 Å². The lowest BCUT2D eigenvalue weighted by Gasteiger charge is -2.36. The molecule has 0 atom stereocenters. The van der Waals surface area contributed by atoms with Crippen LogP contribution in [0.3, 0.4) is 0 Å². The predicted octanol–water partition coefficient (Wildman–Crippen LogP) is 2.59. The van der Waals surface area contributed by atoms with E-state index in [0.717, 1.165) is 56.4 Å². The van der Waals surface area contributed by atoms with E-state index in [0.29, 0.717) is 19.0 Å². The van der Waals surface area contributed by atoms with E-state index in [4.69, 9.17) is 16.3 Å². The summed E-state index contributed by atoms with van der Waals surface area (Å²) in [5.41, 5.74) is 1.14. The van der Waals surface area contributed by atoms with E-state index in [1.165, 1.54) is 0 Å². The first kappa shape index (κ1) is 25.8. The van der Waals surface area contributed by atoms with Gasteiger partial charge < -0.3 is 25.2 Å². The number of carbonyl (C=O) groups excluding carboxylic acids is 1. The average Bonchev–Trinajstić information content (AvgIpc) is 2.73. The zero-order chi connectivity index (χ0) is 20.2. The maximum atomic E-state index is 12.5. The molecule has 1 aromatic carbocycles. The number of halogens is 2. The van der Waals surface area contributed by atoms with Gasteiger partial charge in [0.2, 0.25) is 5.91 Å². The van der Waals surface area contributed by atoms with Crippen LogP contribution in [-0.2, 0) is 9.53 Å². The van der Waals surface area contributed by atoms with Gasteiger partial charge in [0, 0.05) is 63.7 Å². The number of nitrogens with zero attached hydrogens (tertiary/aromatic N) is 3. The summed E-state index contributed by atoms with van der Waals surface area (Å²) >= 11 is 5.95. The molecule has 0 aliphatic carbocycles. The van der Waals surface area contributed by atoms with Crippen molar-refractivity contribution in [3.8, 4) is 0 Å². The Kier molecular flexibility index (Phi) is 13.0. The number of benzene rings is 1. The predicted molar refractivity (Wildman–Crippen MR) is 131 cm³/mol. The van der Waals surface area contributed by atoms with Crippen molar-refractivity contribution in [2.45, 2.75) is 19.8 Å². The first-order valence-corrected chi connectivity index (χ1v) is 10.3. The molecule has 7 nitrogen and oxygen atoms in total. The molecule has 0 radical (unpaired) electrons. The minimum atomic E-state index is 0. The van der Waals surface area contributed by atoms with Crippen LogP contribution in [0.1, 0.15) is 19.8 Å². The number of hydrogen-bond acceptors (Lipinski definition) is 4. The highest BCUT2D eigenvalue weighted by atomic mass is 127. The first-order valence-electron chi connectivity index (χ1n) is 9.94. The summed E-state index contributed by atoms with van der Waals surface area (Å²) in [4.78, 5) is 20.8.